The average Bonchev–Trinajstić information content (AvgIpc) is 3.22. The van der Waals surface area contributed by atoms with Gasteiger partial charge in [-0.15, -0.1) is 0 Å². The molecule has 1 aliphatic rings. The molecule has 1 aliphatic heterocycles. The van der Waals surface area contributed by atoms with Crippen LogP contribution in [0.2, 0.25) is 0 Å². The average molecular weight is 498 g/mol. The van der Waals surface area contributed by atoms with Gasteiger partial charge in [-0.1, -0.05) is 30.3 Å². The molecule has 1 fully saturated rings. The van der Waals surface area contributed by atoms with Gasteiger partial charge in [0.2, 0.25) is 0 Å². The molecular weight excluding hydrogens is 466 g/mol. The van der Waals surface area contributed by atoms with Crippen molar-refractivity contribution in [2.75, 3.05) is 19.7 Å². The standard InChI is InChI=1S/C29H31N5O3/c1-4-37-23-12-10-21(11-13-23)29(36)34-16-14-22(15-17-34)30-28(35)24-18-25(20-8-6-5-7-9-20)31-27-26(24)19(2)32-33(27)3/h5-13,18,22H,4,14-17H2,1-3H3,(H,30,35). The summed E-state index contributed by atoms with van der Waals surface area (Å²) in [6.45, 7) is 5.59. The summed E-state index contributed by atoms with van der Waals surface area (Å²) in [6.07, 6.45) is 1.39. The summed E-state index contributed by atoms with van der Waals surface area (Å²) in [5.74, 6) is 0.615. The largest absolute Gasteiger partial charge is 0.494 e. The van der Waals surface area contributed by atoms with Crippen LogP contribution in [0.5, 0.6) is 5.75 Å². The number of piperidine rings is 1. The van der Waals surface area contributed by atoms with E-state index in [1.807, 2.05) is 74.3 Å². The van der Waals surface area contributed by atoms with E-state index >= 15 is 0 Å². The van der Waals surface area contributed by atoms with E-state index in [1.165, 1.54) is 0 Å². The van der Waals surface area contributed by atoms with Crippen LogP contribution in [0.25, 0.3) is 22.3 Å². The summed E-state index contributed by atoms with van der Waals surface area (Å²) in [5, 5.41) is 8.48. The minimum absolute atomic E-state index is 0.00200. The number of amides is 2. The summed E-state index contributed by atoms with van der Waals surface area (Å²) in [6, 6.07) is 18.9. The van der Waals surface area contributed by atoms with Crippen molar-refractivity contribution >= 4 is 22.8 Å². The molecule has 0 aliphatic carbocycles. The van der Waals surface area contributed by atoms with Gasteiger partial charge in [0.15, 0.2) is 5.65 Å². The molecule has 0 spiro atoms. The Hall–Kier alpha value is -4.20. The van der Waals surface area contributed by atoms with Crippen LogP contribution in [0.15, 0.2) is 60.7 Å². The number of pyridine rings is 1. The first kappa shape index (κ1) is 24.5. The third-order valence-electron chi connectivity index (χ3n) is 6.81. The Bertz CT molecular complexity index is 1420. The highest BCUT2D eigenvalue weighted by Gasteiger charge is 2.26. The zero-order chi connectivity index (χ0) is 25.9. The quantitative estimate of drug-likeness (QED) is 0.427. The molecule has 4 aromatic rings. The van der Waals surface area contributed by atoms with E-state index in [0.29, 0.717) is 49.3 Å². The predicted octanol–water partition coefficient (Wildman–Crippen LogP) is 4.38. The maximum atomic E-state index is 13.5. The molecule has 3 heterocycles. The van der Waals surface area contributed by atoms with Gasteiger partial charge < -0.3 is 15.0 Å². The van der Waals surface area contributed by atoms with Crippen LogP contribution >= 0.6 is 0 Å². The maximum absolute atomic E-state index is 13.5. The third kappa shape index (κ3) is 5.05. The number of hydrogen-bond donors (Lipinski definition) is 1. The minimum Gasteiger partial charge on any atom is -0.494 e. The molecule has 190 valence electrons. The molecule has 1 N–H and O–H groups in total. The lowest BCUT2D eigenvalue weighted by Crippen LogP contribution is -2.46. The fourth-order valence-electron chi connectivity index (χ4n) is 4.91. The van der Waals surface area contributed by atoms with Crippen molar-refractivity contribution in [1.29, 1.82) is 0 Å². The Morgan fingerprint density at radius 3 is 2.43 bits per heavy atom. The second kappa shape index (κ2) is 10.4. The van der Waals surface area contributed by atoms with Crippen LogP contribution in [0.3, 0.4) is 0 Å². The molecule has 2 aromatic carbocycles. The molecule has 0 saturated carbocycles. The zero-order valence-corrected chi connectivity index (χ0v) is 21.4. The highest BCUT2D eigenvalue weighted by Crippen LogP contribution is 2.27. The number of carbonyl (C=O) groups is 2. The lowest BCUT2D eigenvalue weighted by Gasteiger charge is -2.32. The molecule has 1 saturated heterocycles. The lowest BCUT2D eigenvalue weighted by atomic mass is 10.0. The number of nitrogens with zero attached hydrogens (tertiary/aromatic N) is 4. The van der Waals surface area contributed by atoms with Gasteiger partial charge in [-0.05, 0) is 57.0 Å². The number of nitrogens with one attached hydrogen (secondary N) is 1. The van der Waals surface area contributed by atoms with Gasteiger partial charge in [-0.2, -0.15) is 5.10 Å². The second-order valence-electron chi connectivity index (χ2n) is 9.33. The highest BCUT2D eigenvalue weighted by molar-refractivity contribution is 6.07. The van der Waals surface area contributed by atoms with Gasteiger partial charge in [0.05, 0.1) is 28.9 Å². The van der Waals surface area contributed by atoms with Crippen molar-refractivity contribution in [3.05, 3.63) is 77.5 Å². The Balaban J connectivity index is 1.30. The topological polar surface area (TPSA) is 89.3 Å². The van der Waals surface area contributed by atoms with Gasteiger partial charge in [0, 0.05) is 37.3 Å². The number of ether oxygens (including phenoxy) is 1. The molecule has 37 heavy (non-hydrogen) atoms. The molecule has 0 unspecified atom stereocenters. The number of rotatable bonds is 6. The fourth-order valence-corrected chi connectivity index (χ4v) is 4.91. The molecule has 2 aromatic heterocycles. The van der Waals surface area contributed by atoms with E-state index < -0.39 is 0 Å². The molecule has 8 nitrogen and oxygen atoms in total. The molecule has 8 heteroatoms. The molecular formula is C29H31N5O3. The van der Waals surface area contributed by atoms with Gasteiger partial charge in [-0.25, -0.2) is 4.98 Å². The van der Waals surface area contributed by atoms with Crippen molar-refractivity contribution in [1.82, 2.24) is 25.0 Å². The monoisotopic (exact) mass is 497 g/mol. The van der Waals surface area contributed by atoms with Crippen LogP contribution in [-0.4, -0.2) is 57.2 Å². The van der Waals surface area contributed by atoms with E-state index in [4.69, 9.17) is 9.72 Å². The van der Waals surface area contributed by atoms with Crippen molar-refractivity contribution < 1.29 is 14.3 Å². The molecule has 5 rings (SSSR count). The predicted molar refractivity (Wildman–Crippen MR) is 143 cm³/mol. The molecule has 0 atom stereocenters. The summed E-state index contributed by atoms with van der Waals surface area (Å²) in [5.41, 5.74) is 4.34. The third-order valence-corrected chi connectivity index (χ3v) is 6.81. The molecule has 0 bridgehead atoms. The summed E-state index contributed by atoms with van der Waals surface area (Å²) >= 11 is 0. The SMILES string of the molecule is CCOc1ccc(C(=O)N2CCC(NC(=O)c3cc(-c4ccccc4)nc4c3c(C)nn4C)CC2)cc1. The van der Waals surface area contributed by atoms with Crippen molar-refractivity contribution in [2.45, 2.75) is 32.7 Å². The normalized spacial score (nSPS) is 14.1. The number of aromatic nitrogens is 3. The van der Waals surface area contributed by atoms with E-state index in [2.05, 4.69) is 10.4 Å². The smallest absolute Gasteiger partial charge is 0.253 e. The number of benzene rings is 2. The van der Waals surface area contributed by atoms with Gasteiger partial charge in [0.1, 0.15) is 5.75 Å². The van der Waals surface area contributed by atoms with Gasteiger partial charge in [-0.3, -0.25) is 14.3 Å². The molecule has 2 amide bonds. The van der Waals surface area contributed by atoms with Crippen LogP contribution in [0, 0.1) is 6.92 Å². The van der Waals surface area contributed by atoms with Crippen molar-refractivity contribution in [3.8, 4) is 17.0 Å². The van der Waals surface area contributed by atoms with Gasteiger partial charge >= 0.3 is 0 Å². The van der Waals surface area contributed by atoms with Crippen molar-refractivity contribution in [3.63, 3.8) is 0 Å². The van der Waals surface area contributed by atoms with E-state index in [0.717, 1.165) is 28.1 Å². The number of likely N-dealkylation sites (tertiary alicyclic amines) is 1. The summed E-state index contributed by atoms with van der Waals surface area (Å²) < 4.78 is 7.19. The Labute approximate surface area is 216 Å². The van der Waals surface area contributed by atoms with Crippen LogP contribution in [-0.2, 0) is 7.05 Å². The first-order chi connectivity index (χ1) is 17.9. The second-order valence-corrected chi connectivity index (χ2v) is 9.33. The Kier molecular flexibility index (Phi) is 6.90. The fraction of sp³-hybridized carbons (Fsp3) is 0.310. The minimum atomic E-state index is -0.142. The Morgan fingerprint density at radius 2 is 1.76 bits per heavy atom. The summed E-state index contributed by atoms with van der Waals surface area (Å²) in [7, 11) is 1.84. The maximum Gasteiger partial charge on any atom is 0.253 e. The van der Waals surface area contributed by atoms with E-state index in [1.54, 1.807) is 16.8 Å². The van der Waals surface area contributed by atoms with E-state index in [9.17, 15) is 9.59 Å². The van der Waals surface area contributed by atoms with Crippen LogP contribution in [0.1, 0.15) is 46.2 Å². The Morgan fingerprint density at radius 1 is 1.05 bits per heavy atom. The van der Waals surface area contributed by atoms with Crippen LogP contribution in [0.4, 0.5) is 0 Å². The first-order valence-electron chi connectivity index (χ1n) is 12.7. The molecule has 0 radical (unpaired) electrons. The zero-order valence-electron chi connectivity index (χ0n) is 21.4. The highest BCUT2D eigenvalue weighted by atomic mass is 16.5. The van der Waals surface area contributed by atoms with Gasteiger partial charge in [0.25, 0.3) is 11.8 Å². The van der Waals surface area contributed by atoms with E-state index in [-0.39, 0.29) is 17.9 Å². The number of fused-ring (bicyclic) bond motifs is 1. The number of hydrogen-bond acceptors (Lipinski definition) is 5. The van der Waals surface area contributed by atoms with Crippen LogP contribution < -0.4 is 10.1 Å². The number of carbonyl (C=O) groups excluding carboxylic acids is 2. The van der Waals surface area contributed by atoms with Crippen molar-refractivity contribution in [2.24, 2.45) is 7.05 Å². The lowest BCUT2D eigenvalue weighted by molar-refractivity contribution is 0.0698. The summed E-state index contributed by atoms with van der Waals surface area (Å²) in [4.78, 5) is 33.1. The number of aryl methyl sites for hydroxylation is 2. The first-order valence-corrected chi connectivity index (χ1v) is 12.7.